The van der Waals surface area contributed by atoms with E-state index < -0.39 is 5.97 Å². The zero-order valence-electron chi connectivity index (χ0n) is 7.65. The van der Waals surface area contributed by atoms with Crippen LogP contribution in [0.15, 0.2) is 6.20 Å². The highest BCUT2D eigenvalue weighted by molar-refractivity contribution is 5.90. The Hall–Kier alpha value is -1.36. The van der Waals surface area contributed by atoms with E-state index in [4.69, 9.17) is 9.84 Å². The van der Waals surface area contributed by atoms with Crippen molar-refractivity contribution in [2.45, 2.75) is 13.5 Å². The summed E-state index contributed by atoms with van der Waals surface area (Å²) in [4.78, 5) is 11.3. The molecule has 0 atom stereocenters. The summed E-state index contributed by atoms with van der Waals surface area (Å²) >= 11 is 0. The number of carbonyl (C=O) groups is 1. The lowest BCUT2D eigenvalue weighted by Gasteiger charge is -1.98. The first-order chi connectivity index (χ1) is 6.19. The summed E-state index contributed by atoms with van der Waals surface area (Å²) in [5, 5.41) is 12.8. The molecule has 0 aliphatic carbocycles. The Bertz CT molecular complexity index is 306. The first-order valence-corrected chi connectivity index (χ1v) is 3.99. The smallest absolute Gasteiger partial charge is 0.341 e. The maximum absolute atomic E-state index is 11.3. The van der Waals surface area contributed by atoms with Crippen molar-refractivity contribution in [3.8, 4) is 0 Å². The van der Waals surface area contributed by atoms with Crippen LogP contribution in [0.5, 0.6) is 0 Å². The van der Waals surface area contributed by atoms with Gasteiger partial charge < -0.3 is 9.84 Å². The van der Waals surface area contributed by atoms with Crippen LogP contribution >= 0.6 is 0 Å². The summed E-state index contributed by atoms with van der Waals surface area (Å²) < 4.78 is 6.25. The van der Waals surface area contributed by atoms with Crippen LogP contribution in [0.3, 0.4) is 0 Å². The number of hydrogen-bond donors (Lipinski definition) is 1. The number of aliphatic hydroxyl groups excluding tert-OH is 1. The molecule has 0 aliphatic rings. The van der Waals surface area contributed by atoms with Gasteiger partial charge in [0.2, 0.25) is 0 Å². The quantitative estimate of drug-likeness (QED) is 0.676. The molecule has 0 saturated heterocycles. The average Bonchev–Trinajstić information content (AvgIpc) is 2.47. The zero-order chi connectivity index (χ0) is 9.84. The summed E-state index contributed by atoms with van der Waals surface area (Å²) in [7, 11) is 1.68. The highest BCUT2D eigenvalue weighted by atomic mass is 16.5. The summed E-state index contributed by atoms with van der Waals surface area (Å²) in [6.07, 6.45) is 1.53. The molecule has 72 valence electrons. The largest absolute Gasteiger partial charge is 0.462 e. The van der Waals surface area contributed by atoms with E-state index in [1.807, 2.05) is 0 Å². The first-order valence-electron chi connectivity index (χ1n) is 3.99. The number of aryl methyl sites for hydroxylation is 1. The summed E-state index contributed by atoms with van der Waals surface area (Å²) in [5.74, 6) is -0.445. The van der Waals surface area contributed by atoms with Gasteiger partial charge in [0.1, 0.15) is 11.3 Å². The van der Waals surface area contributed by atoms with Crippen LogP contribution in [0.1, 0.15) is 23.0 Å². The van der Waals surface area contributed by atoms with Gasteiger partial charge in [0.15, 0.2) is 0 Å². The molecular formula is C8H12N2O3. The Morgan fingerprint density at radius 2 is 2.46 bits per heavy atom. The SMILES string of the molecule is CCOC(=O)c1cn(C)nc1CO. The number of rotatable bonds is 3. The van der Waals surface area contributed by atoms with E-state index in [2.05, 4.69) is 5.10 Å². The molecule has 0 aromatic carbocycles. The van der Waals surface area contributed by atoms with Gasteiger partial charge in [0.25, 0.3) is 0 Å². The van der Waals surface area contributed by atoms with Crippen LogP contribution < -0.4 is 0 Å². The molecule has 0 bridgehead atoms. The molecule has 0 spiro atoms. The van der Waals surface area contributed by atoms with Crippen LogP contribution in [-0.4, -0.2) is 27.5 Å². The van der Waals surface area contributed by atoms with Crippen molar-refractivity contribution < 1.29 is 14.6 Å². The minimum Gasteiger partial charge on any atom is -0.462 e. The van der Waals surface area contributed by atoms with Crippen LogP contribution in [0, 0.1) is 0 Å². The minimum atomic E-state index is -0.445. The Balaban J connectivity index is 2.91. The van der Waals surface area contributed by atoms with Crippen LogP contribution in [0.25, 0.3) is 0 Å². The van der Waals surface area contributed by atoms with E-state index in [1.54, 1.807) is 14.0 Å². The second-order valence-electron chi connectivity index (χ2n) is 2.54. The van der Waals surface area contributed by atoms with Crippen molar-refractivity contribution in [2.75, 3.05) is 6.61 Å². The predicted molar refractivity (Wildman–Crippen MR) is 45.1 cm³/mol. The van der Waals surface area contributed by atoms with Crippen LogP contribution in [0.4, 0.5) is 0 Å². The molecule has 5 nitrogen and oxygen atoms in total. The second kappa shape index (κ2) is 4.04. The Kier molecular flexibility index (Phi) is 3.02. The van der Waals surface area contributed by atoms with Crippen LogP contribution in [0.2, 0.25) is 0 Å². The molecule has 1 aromatic rings. The molecule has 0 saturated carbocycles. The molecule has 0 unspecified atom stereocenters. The number of hydrogen-bond acceptors (Lipinski definition) is 4. The van der Waals surface area contributed by atoms with Gasteiger partial charge in [-0.25, -0.2) is 4.79 Å². The molecule has 1 heterocycles. The van der Waals surface area contributed by atoms with E-state index in [0.717, 1.165) is 0 Å². The van der Waals surface area contributed by atoms with Gasteiger partial charge in [-0.1, -0.05) is 0 Å². The molecule has 0 aliphatic heterocycles. The topological polar surface area (TPSA) is 64.4 Å². The van der Waals surface area contributed by atoms with Crippen molar-refractivity contribution in [1.29, 1.82) is 0 Å². The Labute approximate surface area is 75.9 Å². The standard InChI is InChI=1S/C8H12N2O3/c1-3-13-8(12)6-4-10(2)9-7(6)5-11/h4,11H,3,5H2,1-2H3. The third kappa shape index (κ3) is 2.06. The summed E-state index contributed by atoms with van der Waals surface area (Å²) in [6, 6.07) is 0. The zero-order valence-corrected chi connectivity index (χ0v) is 7.65. The molecule has 5 heteroatoms. The van der Waals surface area contributed by atoms with Crippen molar-refractivity contribution in [2.24, 2.45) is 7.05 Å². The maximum Gasteiger partial charge on any atom is 0.341 e. The Morgan fingerprint density at radius 1 is 1.77 bits per heavy atom. The predicted octanol–water partition coefficient (Wildman–Crippen LogP) is 0.0891. The molecular weight excluding hydrogens is 172 g/mol. The maximum atomic E-state index is 11.3. The van der Waals surface area contributed by atoms with Gasteiger partial charge in [0.05, 0.1) is 13.2 Å². The lowest BCUT2D eigenvalue weighted by Crippen LogP contribution is -2.06. The molecule has 0 fully saturated rings. The van der Waals surface area contributed by atoms with Gasteiger partial charge in [-0.3, -0.25) is 4.68 Å². The molecule has 1 N–H and O–H groups in total. The highest BCUT2D eigenvalue weighted by Gasteiger charge is 2.15. The fourth-order valence-corrected chi connectivity index (χ4v) is 1.03. The van der Waals surface area contributed by atoms with E-state index >= 15 is 0 Å². The van der Waals surface area contributed by atoms with E-state index in [9.17, 15) is 4.79 Å². The van der Waals surface area contributed by atoms with Gasteiger partial charge in [-0.15, -0.1) is 0 Å². The van der Waals surface area contributed by atoms with E-state index in [0.29, 0.717) is 17.9 Å². The lowest BCUT2D eigenvalue weighted by atomic mass is 10.2. The van der Waals surface area contributed by atoms with E-state index in [-0.39, 0.29) is 6.61 Å². The average molecular weight is 184 g/mol. The van der Waals surface area contributed by atoms with Crippen LogP contribution in [-0.2, 0) is 18.4 Å². The number of nitrogens with zero attached hydrogens (tertiary/aromatic N) is 2. The van der Waals surface area contributed by atoms with Crippen molar-refractivity contribution >= 4 is 5.97 Å². The normalized spacial score (nSPS) is 10.1. The van der Waals surface area contributed by atoms with Crippen molar-refractivity contribution in [1.82, 2.24) is 9.78 Å². The number of esters is 1. The summed E-state index contributed by atoms with van der Waals surface area (Å²) in [5.41, 5.74) is 0.674. The second-order valence-corrected chi connectivity index (χ2v) is 2.54. The van der Waals surface area contributed by atoms with Gasteiger partial charge >= 0.3 is 5.97 Å². The molecule has 13 heavy (non-hydrogen) atoms. The van der Waals surface area contributed by atoms with Crippen molar-refractivity contribution in [3.63, 3.8) is 0 Å². The van der Waals surface area contributed by atoms with Gasteiger partial charge in [-0.2, -0.15) is 5.10 Å². The fourth-order valence-electron chi connectivity index (χ4n) is 1.03. The van der Waals surface area contributed by atoms with E-state index in [1.165, 1.54) is 10.9 Å². The monoisotopic (exact) mass is 184 g/mol. The molecule has 1 aromatic heterocycles. The minimum absolute atomic E-state index is 0.255. The molecule has 1 rings (SSSR count). The molecule has 0 radical (unpaired) electrons. The third-order valence-corrected chi connectivity index (χ3v) is 1.55. The number of aromatic nitrogens is 2. The first kappa shape index (κ1) is 9.73. The number of aliphatic hydroxyl groups is 1. The van der Waals surface area contributed by atoms with Crippen molar-refractivity contribution in [3.05, 3.63) is 17.5 Å². The number of carbonyl (C=O) groups excluding carboxylic acids is 1. The highest BCUT2D eigenvalue weighted by Crippen LogP contribution is 2.07. The fraction of sp³-hybridized carbons (Fsp3) is 0.500. The lowest BCUT2D eigenvalue weighted by molar-refractivity contribution is 0.0522. The number of ether oxygens (including phenoxy) is 1. The molecule has 0 amide bonds. The summed E-state index contributed by atoms with van der Waals surface area (Å²) in [6.45, 7) is 1.79. The van der Waals surface area contributed by atoms with Gasteiger partial charge in [0, 0.05) is 13.2 Å². The Morgan fingerprint density at radius 3 is 3.00 bits per heavy atom. The van der Waals surface area contributed by atoms with Gasteiger partial charge in [-0.05, 0) is 6.92 Å². The third-order valence-electron chi connectivity index (χ3n) is 1.55.